The van der Waals surface area contributed by atoms with Crippen molar-refractivity contribution < 1.29 is 4.79 Å². The van der Waals surface area contributed by atoms with Gasteiger partial charge in [-0.05, 0) is 36.8 Å². The van der Waals surface area contributed by atoms with Gasteiger partial charge in [0.05, 0.1) is 17.8 Å². The van der Waals surface area contributed by atoms with Crippen LogP contribution in [0.4, 0.5) is 11.8 Å². The third-order valence-electron chi connectivity index (χ3n) is 4.81. The van der Waals surface area contributed by atoms with E-state index in [4.69, 9.17) is 0 Å². The first-order valence-corrected chi connectivity index (χ1v) is 9.71. The molecule has 1 saturated heterocycles. The maximum Gasteiger partial charge on any atom is 0.255 e. The third-order valence-corrected chi connectivity index (χ3v) is 4.81. The number of carbonyl (C=O) groups excluding carboxylic acids is 1. The van der Waals surface area contributed by atoms with Gasteiger partial charge < -0.3 is 15.1 Å². The van der Waals surface area contributed by atoms with Gasteiger partial charge in [-0.3, -0.25) is 9.78 Å². The number of amides is 1. The Balaban J connectivity index is 1.34. The summed E-state index contributed by atoms with van der Waals surface area (Å²) in [6.45, 7) is 3.48. The van der Waals surface area contributed by atoms with E-state index < -0.39 is 0 Å². The first-order valence-electron chi connectivity index (χ1n) is 9.71. The number of hydrogen-bond acceptors (Lipinski definition) is 7. The Bertz CT molecular complexity index is 919. The Morgan fingerprint density at radius 1 is 0.897 bits per heavy atom. The Morgan fingerprint density at radius 3 is 2.52 bits per heavy atom. The number of anilines is 2. The van der Waals surface area contributed by atoms with Gasteiger partial charge in [0.2, 0.25) is 5.95 Å². The highest BCUT2D eigenvalue weighted by Gasteiger charge is 2.21. The molecule has 148 valence electrons. The third kappa shape index (κ3) is 4.84. The molecule has 0 aliphatic carbocycles. The van der Waals surface area contributed by atoms with E-state index in [0.29, 0.717) is 37.7 Å². The van der Waals surface area contributed by atoms with Crippen LogP contribution in [0.5, 0.6) is 0 Å². The van der Waals surface area contributed by atoms with Crippen molar-refractivity contribution in [2.24, 2.45) is 0 Å². The van der Waals surface area contributed by atoms with Crippen LogP contribution in [0.1, 0.15) is 22.5 Å². The molecule has 0 bridgehead atoms. The first kappa shape index (κ1) is 18.8. The molecule has 4 rings (SSSR count). The summed E-state index contributed by atoms with van der Waals surface area (Å²) in [6, 6.07) is 11.2. The van der Waals surface area contributed by atoms with Crippen molar-refractivity contribution in [2.75, 3.05) is 36.4 Å². The predicted molar refractivity (Wildman–Crippen MR) is 111 cm³/mol. The molecule has 0 atom stereocenters. The highest BCUT2D eigenvalue weighted by Crippen LogP contribution is 2.14. The summed E-state index contributed by atoms with van der Waals surface area (Å²) in [5, 5.41) is 3.22. The molecule has 29 heavy (non-hydrogen) atoms. The van der Waals surface area contributed by atoms with Crippen molar-refractivity contribution in [1.82, 2.24) is 24.8 Å². The van der Waals surface area contributed by atoms with Crippen LogP contribution in [0, 0.1) is 0 Å². The van der Waals surface area contributed by atoms with Gasteiger partial charge in [0, 0.05) is 51.0 Å². The van der Waals surface area contributed by atoms with E-state index in [1.807, 2.05) is 35.2 Å². The van der Waals surface area contributed by atoms with Crippen LogP contribution >= 0.6 is 0 Å². The first-order chi connectivity index (χ1) is 14.3. The Morgan fingerprint density at radius 2 is 1.76 bits per heavy atom. The Hall–Kier alpha value is -3.55. The predicted octanol–water partition coefficient (Wildman–Crippen LogP) is 2.23. The second kappa shape index (κ2) is 9.09. The van der Waals surface area contributed by atoms with E-state index in [0.717, 1.165) is 24.5 Å². The minimum Gasteiger partial charge on any atom is -0.364 e. The normalized spacial score (nSPS) is 14.3. The summed E-state index contributed by atoms with van der Waals surface area (Å²) in [5.41, 5.74) is 1.53. The van der Waals surface area contributed by atoms with Gasteiger partial charge in [0.1, 0.15) is 5.82 Å². The average Bonchev–Trinajstić information content (AvgIpc) is 3.05. The summed E-state index contributed by atoms with van der Waals surface area (Å²) in [4.78, 5) is 34.2. The molecule has 0 spiro atoms. The van der Waals surface area contributed by atoms with Gasteiger partial charge in [-0.2, -0.15) is 0 Å². The molecule has 1 fully saturated rings. The van der Waals surface area contributed by atoms with Crippen molar-refractivity contribution in [2.45, 2.75) is 13.0 Å². The SMILES string of the molecule is O=C(c1ccc(NCc2ccccn2)nc1)N1CCCN(c2ncccn2)CC1. The van der Waals surface area contributed by atoms with E-state index in [1.54, 1.807) is 30.9 Å². The zero-order valence-corrected chi connectivity index (χ0v) is 16.1. The molecule has 4 heterocycles. The lowest BCUT2D eigenvalue weighted by molar-refractivity contribution is 0.0766. The second-order valence-electron chi connectivity index (χ2n) is 6.79. The fourth-order valence-corrected chi connectivity index (χ4v) is 3.27. The van der Waals surface area contributed by atoms with E-state index in [9.17, 15) is 4.79 Å². The quantitative estimate of drug-likeness (QED) is 0.716. The molecule has 3 aromatic heterocycles. The standard InChI is InChI=1S/C21H23N7O/c29-20(27-11-4-12-28(14-13-27)21-23-9-3-10-24-21)17-6-7-19(25-15-17)26-16-18-5-1-2-8-22-18/h1-3,5-10,15H,4,11-14,16H2,(H,25,26). The molecule has 0 unspecified atom stereocenters. The lowest BCUT2D eigenvalue weighted by Crippen LogP contribution is -2.35. The minimum atomic E-state index is 0.00426. The number of pyridine rings is 2. The molecule has 1 aliphatic rings. The van der Waals surface area contributed by atoms with Crippen LogP contribution < -0.4 is 10.2 Å². The van der Waals surface area contributed by atoms with E-state index in [2.05, 4.69) is 30.2 Å². The molecule has 8 heteroatoms. The summed E-state index contributed by atoms with van der Waals surface area (Å²) < 4.78 is 0. The number of nitrogens with zero attached hydrogens (tertiary/aromatic N) is 6. The van der Waals surface area contributed by atoms with Gasteiger partial charge in [0.25, 0.3) is 5.91 Å². The fraction of sp³-hybridized carbons (Fsp3) is 0.286. The lowest BCUT2D eigenvalue weighted by atomic mass is 10.2. The average molecular weight is 389 g/mol. The molecule has 3 aromatic rings. The number of nitrogens with one attached hydrogen (secondary N) is 1. The van der Waals surface area contributed by atoms with Gasteiger partial charge in [0.15, 0.2) is 0 Å². The summed E-state index contributed by atoms with van der Waals surface area (Å²) in [6.07, 6.45) is 7.75. The van der Waals surface area contributed by atoms with Crippen LogP contribution in [-0.4, -0.2) is 56.9 Å². The smallest absolute Gasteiger partial charge is 0.255 e. The van der Waals surface area contributed by atoms with Crippen molar-refractivity contribution in [1.29, 1.82) is 0 Å². The largest absolute Gasteiger partial charge is 0.364 e. The van der Waals surface area contributed by atoms with Crippen LogP contribution in [0.3, 0.4) is 0 Å². The lowest BCUT2D eigenvalue weighted by Gasteiger charge is -2.22. The highest BCUT2D eigenvalue weighted by atomic mass is 16.2. The molecular weight excluding hydrogens is 366 g/mol. The van der Waals surface area contributed by atoms with E-state index in [-0.39, 0.29) is 5.91 Å². The van der Waals surface area contributed by atoms with Gasteiger partial charge >= 0.3 is 0 Å². The number of aromatic nitrogens is 4. The maximum absolute atomic E-state index is 12.9. The number of carbonyl (C=O) groups is 1. The number of hydrogen-bond donors (Lipinski definition) is 1. The van der Waals surface area contributed by atoms with Crippen LogP contribution in [-0.2, 0) is 6.54 Å². The van der Waals surface area contributed by atoms with Crippen molar-refractivity contribution >= 4 is 17.7 Å². The molecule has 1 aliphatic heterocycles. The molecule has 1 amide bonds. The Kier molecular flexibility index (Phi) is 5.89. The van der Waals surface area contributed by atoms with Gasteiger partial charge in [-0.25, -0.2) is 15.0 Å². The fourth-order valence-electron chi connectivity index (χ4n) is 3.27. The minimum absolute atomic E-state index is 0.00426. The summed E-state index contributed by atoms with van der Waals surface area (Å²) >= 11 is 0. The van der Waals surface area contributed by atoms with Crippen LogP contribution in [0.2, 0.25) is 0 Å². The molecule has 0 aromatic carbocycles. The molecular formula is C21H23N7O. The molecule has 1 N–H and O–H groups in total. The van der Waals surface area contributed by atoms with Crippen molar-refractivity contribution in [3.8, 4) is 0 Å². The van der Waals surface area contributed by atoms with Crippen molar-refractivity contribution in [3.05, 3.63) is 72.4 Å². The van der Waals surface area contributed by atoms with E-state index >= 15 is 0 Å². The van der Waals surface area contributed by atoms with E-state index in [1.165, 1.54) is 0 Å². The highest BCUT2D eigenvalue weighted by molar-refractivity contribution is 5.94. The van der Waals surface area contributed by atoms with Gasteiger partial charge in [-0.1, -0.05) is 6.07 Å². The molecule has 8 nitrogen and oxygen atoms in total. The second-order valence-corrected chi connectivity index (χ2v) is 6.79. The van der Waals surface area contributed by atoms with Crippen molar-refractivity contribution in [3.63, 3.8) is 0 Å². The zero-order chi connectivity index (χ0) is 19.9. The summed E-state index contributed by atoms with van der Waals surface area (Å²) in [5.74, 6) is 1.44. The van der Waals surface area contributed by atoms with Crippen LogP contribution in [0.15, 0.2) is 61.2 Å². The Labute approximate surface area is 169 Å². The summed E-state index contributed by atoms with van der Waals surface area (Å²) in [7, 11) is 0. The van der Waals surface area contributed by atoms with Crippen LogP contribution in [0.25, 0.3) is 0 Å². The number of rotatable bonds is 5. The molecule has 0 radical (unpaired) electrons. The topological polar surface area (TPSA) is 87.1 Å². The monoisotopic (exact) mass is 389 g/mol. The zero-order valence-electron chi connectivity index (χ0n) is 16.1. The van der Waals surface area contributed by atoms with Gasteiger partial charge in [-0.15, -0.1) is 0 Å². The maximum atomic E-state index is 12.9. The molecule has 0 saturated carbocycles.